The van der Waals surface area contributed by atoms with Crippen LogP contribution in [0.3, 0.4) is 0 Å². The monoisotopic (exact) mass is 386 g/mol. The average Bonchev–Trinajstić information content (AvgIpc) is 2.27. The van der Waals surface area contributed by atoms with Crippen molar-refractivity contribution < 1.29 is 14.2 Å². The van der Waals surface area contributed by atoms with Crippen molar-refractivity contribution >= 4 is 38.5 Å². The summed E-state index contributed by atoms with van der Waals surface area (Å²) >= 11 is 5.66. The number of hydrogen-bond donors (Lipinski definition) is 0. The minimum atomic E-state index is 0.220. The van der Waals surface area contributed by atoms with Crippen LogP contribution in [0.4, 0.5) is 0 Å². The van der Waals surface area contributed by atoms with Crippen molar-refractivity contribution in [3.63, 3.8) is 0 Å². The minimum absolute atomic E-state index is 0.220. The zero-order valence-corrected chi connectivity index (χ0v) is 12.3. The van der Waals surface area contributed by atoms with Gasteiger partial charge in [0.1, 0.15) is 0 Å². The van der Waals surface area contributed by atoms with Crippen LogP contribution in [-0.4, -0.2) is 21.0 Å². The van der Waals surface area contributed by atoms with Crippen LogP contribution in [0.2, 0.25) is 0 Å². The van der Waals surface area contributed by atoms with Crippen molar-refractivity contribution in [3.05, 3.63) is 21.3 Å². The van der Waals surface area contributed by atoms with Gasteiger partial charge in [-0.1, -0.05) is 22.0 Å². The highest BCUT2D eigenvalue weighted by atomic mass is 127. The van der Waals surface area contributed by atoms with E-state index in [0.29, 0.717) is 0 Å². The second-order valence-corrected chi connectivity index (χ2v) is 4.39. The Hall–Kier alpha value is -0.01000. The summed E-state index contributed by atoms with van der Waals surface area (Å²) in [7, 11) is 3.21. The van der Waals surface area contributed by atoms with Crippen LogP contribution in [0.1, 0.15) is 5.56 Å². The van der Waals surface area contributed by atoms with Crippen LogP contribution in [0.5, 0.6) is 11.5 Å². The number of rotatable bonds is 5. The van der Waals surface area contributed by atoms with E-state index in [0.717, 1.165) is 20.4 Å². The van der Waals surface area contributed by atoms with Gasteiger partial charge >= 0.3 is 0 Å². The molecule has 0 aliphatic heterocycles. The van der Waals surface area contributed by atoms with Gasteiger partial charge in [0.2, 0.25) is 0 Å². The number of ether oxygens (including phenoxy) is 3. The van der Waals surface area contributed by atoms with E-state index < -0.39 is 0 Å². The fourth-order valence-corrected chi connectivity index (χ4v) is 2.88. The van der Waals surface area contributed by atoms with Crippen molar-refractivity contribution in [2.75, 3.05) is 21.0 Å². The summed E-state index contributed by atoms with van der Waals surface area (Å²) in [6.45, 7) is 0.220. The molecule has 0 saturated heterocycles. The number of alkyl halides is 1. The smallest absolute Gasteiger partial charge is 0.188 e. The minimum Gasteiger partial charge on any atom is -0.493 e. The molecule has 5 heteroatoms. The molecule has 1 aromatic carbocycles. The summed E-state index contributed by atoms with van der Waals surface area (Å²) in [5.41, 5.74) is 1.17. The van der Waals surface area contributed by atoms with Gasteiger partial charge in [0.05, 0.1) is 10.7 Å². The predicted octanol–water partition coefficient (Wildman–Crippen LogP) is 3.18. The topological polar surface area (TPSA) is 27.7 Å². The van der Waals surface area contributed by atoms with Gasteiger partial charge in [0.25, 0.3) is 0 Å². The third kappa shape index (κ3) is 3.22. The zero-order chi connectivity index (χ0) is 11.3. The number of halogens is 2. The molecule has 0 saturated carbocycles. The molecular weight excluding hydrogens is 375 g/mol. The molecule has 1 rings (SSSR count). The summed E-state index contributed by atoms with van der Waals surface area (Å²) in [4.78, 5) is 0. The van der Waals surface area contributed by atoms with E-state index in [9.17, 15) is 0 Å². The lowest BCUT2D eigenvalue weighted by atomic mass is 10.2. The molecule has 84 valence electrons. The SMILES string of the molecule is COCOc1c(OC)ccc(CBr)c1I. The third-order valence-electron chi connectivity index (χ3n) is 1.83. The van der Waals surface area contributed by atoms with E-state index in [4.69, 9.17) is 14.2 Å². The highest BCUT2D eigenvalue weighted by molar-refractivity contribution is 14.1. The highest BCUT2D eigenvalue weighted by Crippen LogP contribution is 2.35. The van der Waals surface area contributed by atoms with E-state index in [1.807, 2.05) is 12.1 Å². The summed E-state index contributed by atoms with van der Waals surface area (Å²) in [5, 5.41) is 0.790. The molecule has 0 aliphatic rings. The lowest BCUT2D eigenvalue weighted by Gasteiger charge is -2.13. The molecule has 0 unspecified atom stereocenters. The Morgan fingerprint density at radius 3 is 2.60 bits per heavy atom. The molecule has 3 nitrogen and oxygen atoms in total. The first-order valence-electron chi connectivity index (χ1n) is 4.27. The van der Waals surface area contributed by atoms with Gasteiger partial charge < -0.3 is 14.2 Å². The largest absolute Gasteiger partial charge is 0.493 e. The lowest BCUT2D eigenvalue weighted by Crippen LogP contribution is -2.03. The molecule has 0 spiro atoms. The van der Waals surface area contributed by atoms with Crippen molar-refractivity contribution in [3.8, 4) is 11.5 Å². The van der Waals surface area contributed by atoms with Crippen LogP contribution in [0.25, 0.3) is 0 Å². The van der Waals surface area contributed by atoms with Gasteiger partial charge in [-0.3, -0.25) is 0 Å². The second kappa shape index (κ2) is 6.55. The summed E-state index contributed by atoms with van der Waals surface area (Å²) in [6, 6.07) is 3.90. The number of hydrogen-bond acceptors (Lipinski definition) is 3. The second-order valence-electron chi connectivity index (χ2n) is 2.75. The van der Waals surface area contributed by atoms with E-state index in [2.05, 4.69) is 38.5 Å². The predicted molar refractivity (Wildman–Crippen MR) is 70.8 cm³/mol. The van der Waals surface area contributed by atoms with E-state index in [-0.39, 0.29) is 6.79 Å². The standard InChI is InChI=1S/C10H12BrIO3/c1-13-6-15-10-8(14-2)4-3-7(5-11)9(10)12/h3-4H,5-6H2,1-2H3. The molecule has 0 atom stereocenters. The Bertz CT molecular complexity index is 331. The molecule has 0 fully saturated rings. The van der Waals surface area contributed by atoms with Gasteiger partial charge in [-0.2, -0.15) is 0 Å². The van der Waals surface area contributed by atoms with Crippen LogP contribution in [0.15, 0.2) is 12.1 Å². The third-order valence-corrected chi connectivity index (χ3v) is 3.61. The summed E-state index contributed by atoms with van der Waals surface area (Å²) < 4.78 is 16.6. The van der Waals surface area contributed by atoms with E-state index >= 15 is 0 Å². The van der Waals surface area contributed by atoms with Crippen molar-refractivity contribution in [1.29, 1.82) is 0 Å². The quantitative estimate of drug-likeness (QED) is 0.442. The first-order chi connectivity index (χ1) is 7.24. The van der Waals surface area contributed by atoms with Crippen molar-refractivity contribution in [2.45, 2.75) is 5.33 Å². The van der Waals surface area contributed by atoms with Crippen LogP contribution in [0, 0.1) is 3.57 Å². The Morgan fingerprint density at radius 2 is 2.07 bits per heavy atom. The van der Waals surface area contributed by atoms with Crippen LogP contribution < -0.4 is 9.47 Å². The van der Waals surface area contributed by atoms with Crippen LogP contribution in [-0.2, 0) is 10.1 Å². The number of methoxy groups -OCH3 is 2. The summed E-state index contributed by atoms with van der Waals surface area (Å²) in [6.07, 6.45) is 0. The Morgan fingerprint density at radius 1 is 1.33 bits per heavy atom. The Kier molecular flexibility index (Phi) is 5.70. The van der Waals surface area contributed by atoms with Gasteiger partial charge in [-0.15, -0.1) is 0 Å². The van der Waals surface area contributed by atoms with Gasteiger partial charge in [-0.05, 0) is 34.2 Å². The maximum Gasteiger partial charge on any atom is 0.188 e. The molecule has 0 aliphatic carbocycles. The maximum absolute atomic E-state index is 5.47. The van der Waals surface area contributed by atoms with Crippen molar-refractivity contribution in [2.24, 2.45) is 0 Å². The van der Waals surface area contributed by atoms with Gasteiger partial charge in [0.15, 0.2) is 18.3 Å². The first kappa shape index (κ1) is 13.1. The molecule has 0 bridgehead atoms. The summed E-state index contributed by atoms with van der Waals surface area (Å²) in [5.74, 6) is 1.46. The molecule has 0 aromatic heterocycles. The normalized spacial score (nSPS) is 10.1. The molecule has 15 heavy (non-hydrogen) atoms. The molecule has 1 aromatic rings. The molecule has 0 radical (unpaired) electrons. The lowest BCUT2D eigenvalue weighted by molar-refractivity contribution is 0.0484. The molecule has 0 amide bonds. The first-order valence-corrected chi connectivity index (χ1v) is 6.47. The average molecular weight is 387 g/mol. The van der Waals surface area contributed by atoms with E-state index in [1.54, 1.807) is 14.2 Å². The van der Waals surface area contributed by atoms with Gasteiger partial charge in [-0.25, -0.2) is 0 Å². The van der Waals surface area contributed by atoms with E-state index in [1.165, 1.54) is 5.56 Å². The Labute approximate surface area is 111 Å². The fraction of sp³-hybridized carbons (Fsp3) is 0.400. The Balaban J connectivity index is 3.05. The molecule has 0 N–H and O–H groups in total. The van der Waals surface area contributed by atoms with Crippen LogP contribution >= 0.6 is 38.5 Å². The van der Waals surface area contributed by atoms with Gasteiger partial charge in [0, 0.05) is 12.4 Å². The maximum atomic E-state index is 5.47. The molecular formula is C10H12BrIO3. The highest BCUT2D eigenvalue weighted by Gasteiger charge is 2.12. The number of benzene rings is 1. The van der Waals surface area contributed by atoms with Crippen molar-refractivity contribution in [1.82, 2.24) is 0 Å². The molecule has 0 heterocycles. The fourth-order valence-electron chi connectivity index (χ4n) is 1.10. The zero-order valence-electron chi connectivity index (χ0n) is 8.55.